The fraction of sp³-hybridized carbons (Fsp3) is 0.0909. The molecule has 2 aromatic heterocycles. The summed E-state index contributed by atoms with van der Waals surface area (Å²) in [5.41, 5.74) is 1.27. The summed E-state index contributed by atoms with van der Waals surface area (Å²) in [6.45, 7) is 1.44. The van der Waals surface area contributed by atoms with Crippen LogP contribution in [0.5, 0.6) is 5.75 Å². The van der Waals surface area contributed by atoms with Gasteiger partial charge in [0.2, 0.25) is 16.9 Å². The van der Waals surface area contributed by atoms with E-state index in [0.717, 1.165) is 5.56 Å². The van der Waals surface area contributed by atoms with Crippen LogP contribution in [0.2, 0.25) is 10.0 Å². The Morgan fingerprint density at radius 3 is 2.70 bits per heavy atom. The van der Waals surface area contributed by atoms with Gasteiger partial charge in [0.1, 0.15) is 5.58 Å². The first-order valence-corrected chi connectivity index (χ1v) is 9.67. The van der Waals surface area contributed by atoms with Crippen LogP contribution in [-0.2, 0) is 4.79 Å². The van der Waals surface area contributed by atoms with Crippen LogP contribution in [0.1, 0.15) is 5.56 Å². The summed E-state index contributed by atoms with van der Waals surface area (Å²) in [6, 6.07) is 13.1. The molecule has 8 heteroatoms. The number of amides is 1. The Hall–Kier alpha value is -3.22. The van der Waals surface area contributed by atoms with Gasteiger partial charge in [0, 0.05) is 15.7 Å². The van der Waals surface area contributed by atoms with Crippen molar-refractivity contribution < 1.29 is 18.4 Å². The molecule has 0 saturated carbocycles. The van der Waals surface area contributed by atoms with Gasteiger partial charge in [-0.15, -0.1) is 0 Å². The van der Waals surface area contributed by atoms with Gasteiger partial charge in [0.05, 0.1) is 11.6 Å². The summed E-state index contributed by atoms with van der Waals surface area (Å²) in [7, 11) is 0. The van der Waals surface area contributed by atoms with Crippen molar-refractivity contribution in [3.05, 3.63) is 80.6 Å². The Morgan fingerprint density at radius 1 is 1.13 bits per heavy atom. The van der Waals surface area contributed by atoms with E-state index in [0.29, 0.717) is 27.1 Å². The SMILES string of the molecule is Cc1ccc(NC(=O)COc2c(-c3ccco3)oc3ccc(Cl)cc3c2=O)cc1Cl. The maximum Gasteiger partial charge on any atom is 0.262 e. The van der Waals surface area contributed by atoms with Crippen molar-refractivity contribution >= 4 is 45.8 Å². The van der Waals surface area contributed by atoms with Gasteiger partial charge in [0.15, 0.2) is 12.4 Å². The number of benzene rings is 2. The number of ether oxygens (including phenoxy) is 1. The van der Waals surface area contributed by atoms with Crippen LogP contribution < -0.4 is 15.5 Å². The van der Waals surface area contributed by atoms with Crippen LogP contribution >= 0.6 is 23.2 Å². The highest BCUT2D eigenvalue weighted by molar-refractivity contribution is 6.31. The van der Waals surface area contributed by atoms with E-state index in [4.69, 9.17) is 36.8 Å². The van der Waals surface area contributed by atoms with Crippen molar-refractivity contribution in [2.45, 2.75) is 6.92 Å². The smallest absolute Gasteiger partial charge is 0.262 e. The molecule has 30 heavy (non-hydrogen) atoms. The number of fused-ring (bicyclic) bond motifs is 1. The fourth-order valence-corrected chi connectivity index (χ4v) is 3.21. The van der Waals surface area contributed by atoms with Gasteiger partial charge in [-0.05, 0) is 55.0 Å². The van der Waals surface area contributed by atoms with E-state index in [2.05, 4.69) is 5.32 Å². The van der Waals surface area contributed by atoms with E-state index in [1.54, 1.807) is 42.5 Å². The van der Waals surface area contributed by atoms with Gasteiger partial charge in [-0.25, -0.2) is 0 Å². The van der Waals surface area contributed by atoms with Crippen LogP contribution in [0.4, 0.5) is 5.69 Å². The molecule has 2 heterocycles. The summed E-state index contributed by atoms with van der Waals surface area (Å²) < 4.78 is 16.8. The Bertz CT molecular complexity index is 1300. The minimum atomic E-state index is -0.467. The molecule has 0 radical (unpaired) electrons. The van der Waals surface area contributed by atoms with Gasteiger partial charge in [-0.1, -0.05) is 29.3 Å². The minimum Gasteiger partial charge on any atom is -0.476 e. The standard InChI is InChI=1S/C22H15Cl2NO5/c1-12-4-6-14(10-16(12)24)25-19(26)11-29-22-20(27)15-9-13(23)5-7-17(15)30-21(22)18-3-2-8-28-18/h2-10H,11H2,1H3,(H,25,26). The van der Waals surface area contributed by atoms with Gasteiger partial charge < -0.3 is 18.9 Å². The first-order valence-electron chi connectivity index (χ1n) is 8.91. The largest absolute Gasteiger partial charge is 0.476 e. The summed E-state index contributed by atoms with van der Waals surface area (Å²) in [5.74, 6) is -0.224. The highest BCUT2D eigenvalue weighted by atomic mass is 35.5. The number of hydrogen-bond acceptors (Lipinski definition) is 5. The summed E-state index contributed by atoms with van der Waals surface area (Å²) in [6.07, 6.45) is 1.44. The fourth-order valence-electron chi connectivity index (χ4n) is 2.86. The molecule has 1 N–H and O–H groups in total. The molecule has 1 amide bonds. The van der Waals surface area contributed by atoms with E-state index >= 15 is 0 Å². The number of hydrogen-bond donors (Lipinski definition) is 1. The maximum atomic E-state index is 13.0. The molecule has 6 nitrogen and oxygen atoms in total. The second kappa shape index (κ2) is 8.26. The van der Waals surface area contributed by atoms with E-state index in [-0.39, 0.29) is 16.9 Å². The molecule has 0 aliphatic rings. The van der Waals surface area contributed by atoms with Crippen molar-refractivity contribution in [3.63, 3.8) is 0 Å². The van der Waals surface area contributed by atoms with Crippen molar-refractivity contribution in [3.8, 4) is 17.3 Å². The quantitative estimate of drug-likeness (QED) is 0.428. The number of aryl methyl sites for hydroxylation is 1. The molecule has 0 saturated heterocycles. The predicted molar refractivity (Wildman–Crippen MR) is 116 cm³/mol. The van der Waals surface area contributed by atoms with Crippen LogP contribution in [-0.4, -0.2) is 12.5 Å². The van der Waals surface area contributed by atoms with Crippen LogP contribution in [0.3, 0.4) is 0 Å². The van der Waals surface area contributed by atoms with Crippen molar-refractivity contribution in [1.29, 1.82) is 0 Å². The Kier molecular flexibility index (Phi) is 5.53. The van der Waals surface area contributed by atoms with Gasteiger partial charge >= 0.3 is 0 Å². The summed E-state index contributed by atoms with van der Waals surface area (Å²) in [5, 5.41) is 3.81. The van der Waals surface area contributed by atoms with Gasteiger partial charge in [-0.2, -0.15) is 0 Å². The topological polar surface area (TPSA) is 81.7 Å². The molecule has 0 fully saturated rings. The molecule has 0 aliphatic heterocycles. The monoisotopic (exact) mass is 443 g/mol. The van der Waals surface area contributed by atoms with Crippen LogP contribution in [0, 0.1) is 6.92 Å². The second-order valence-corrected chi connectivity index (χ2v) is 7.35. The van der Waals surface area contributed by atoms with Crippen molar-refractivity contribution in [2.75, 3.05) is 11.9 Å². The molecular formula is C22H15Cl2NO5. The molecule has 152 valence electrons. The zero-order chi connectivity index (χ0) is 21.3. The van der Waals surface area contributed by atoms with E-state index in [9.17, 15) is 9.59 Å². The third-order valence-corrected chi connectivity index (χ3v) is 5.00. The lowest BCUT2D eigenvalue weighted by molar-refractivity contribution is -0.118. The Balaban J connectivity index is 1.64. The lowest BCUT2D eigenvalue weighted by Crippen LogP contribution is -2.22. The van der Waals surface area contributed by atoms with Gasteiger partial charge in [-0.3, -0.25) is 9.59 Å². The first-order chi connectivity index (χ1) is 14.4. The minimum absolute atomic E-state index is 0.0889. The number of halogens is 2. The number of carbonyl (C=O) groups excluding carboxylic acids is 1. The number of carbonyl (C=O) groups is 1. The van der Waals surface area contributed by atoms with E-state index in [1.807, 2.05) is 6.92 Å². The first kappa shape index (κ1) is 20.1. The maximum absolute atomic E-state index is 13.0. The lowest BCUT2D eigenvalue weighted by atomic mass is 10.2. The molecule has 2 aromatic carbocycles. The normalized spacial score (nSPS) is 10.9. The molecule has 0 aliphatic carbocycles. The zero-order valence-corrected chi connectivity index (χ0v) is 17.2. The zero-order valence-electron chi connectivity index (χ0n) is 15.7. The van der Waals surface area contributed by atoms with Crippen LogP contribution in [0.15, 0.2) is 68.4 Å². The van der Waals surface area contributed by atoms with E-state index < -0.39 is 17.9 Å². The van der Waals surface area contributed by atoms with E-state index in [1.165, 1.54) is 12.3 Å². The molecule has 0 atom stereocenters. The van der Waals surface area contributed by atoms with Gasteiger partial charge in [0.25, 0.3) is 5.91 Å². The number of nitrogens with one attached hydrogen (secondary N) is 1. The third-order valence-electron chi connectivity index (χ3n) is 4.36. The highest BCUT2D eigenvalue weighted by Gasteiger charge is 2.21. The number of rotatable bonds is 5. The summed E-state index contributed by atoms with van der Waals surface area (Å²) >= 11 is 12.1. The summed E-state index contributed by atoms with van der Waals surface area (Å²) in [4.78, 5) is 25.4. The third kappa shape index (κ3) is 4.06. The van der Waals surface area contributed by atoms with Crippen LogP contribution in [0.25, 0.3) is 22.5 Å². The van der Waals surface area contributed by atoms with Crippen molar-refractivity contribution in [1.82, 2.24) is 0 Å². The number of anilines is 1. The molecule has 0 unspecified atom stereocenters. The lowest BCUT2D eigenvalue weighted by Gasteiger charge is -2.11. The average Bonchev–Trinajstić information content (AvgIpc) is 3.25. The molecule has 4 aromatic rings. The second-order valence-electron chi connectivity index (χ2n) is 6.51. The molecule has 4 rings (SSSR count). The Morgan fingerprint density at radius 2 is 1.97 bits per heavy atom. The molecule has 0 spiro atoms. The molecule has 0 bridgehead atoms. The Labute approximate surface area is 181 Å². The number of furan rings is 1. The predicted octanol–water partition coefficient (Wildman–Crippen LogP) is 5.69. The van der Waals surface area contributed by atoms with Crippen molar-refractivity contribution in [2.24, 2.45) is 0 Å². The molecular weight excluding hydrogens is 429 g/mol. The highest BCUT2D eigenvalue weighted by Crippen LogP contribution is 2.32. The average molecular weight is 444 g/mol.